The van der Waals surface area contributed by atoms with Crippen LogP contribution in [0.5, 0.6) is 0 Å². The van der Waals surface area contributed by atoms with Crippen molar-refractivity contribution in [2.24, 2.45) is 5.84 Å². The highest BCUT2D eigenvalue weighted by atomic mass is 32.2. The van der Waals surface area contributed by atoms with Crippen LogP contribution in [0.25, 0.3) is 0 Å². The molecular weight excluding hydrogens is 272 g/mol. The molecule has 1 aromatic carbocycles. The van der Waals surface area contributed by atoms with Crippen LogP contribution in [-0.2, 0) is 5.41 Å². The molecule has 4 heteroatoms. The van der Waals surface area contributed by atoms with Gasteiger partial charge in [-0.25, -0.2) is 0 Å². The maximum atomic E-state index is 5.79. The predicted octanol–water partition coefficient (Wildman–Crippen LogP) is 3.34. The molecule has 2 rings (SSSR count). The van der Waals surface area contributed by atoms with Crippen molar-refractivity contribution in [1.82, 2.24) is 5.43 Å². The fraction of sp³-hybridized carbons (Fsp3) is 0.600. The first-order valence-electron chi connectivity index (χ1n) is 6.78. The van der Waals surface area contributed by atoms with Gasteiger partial charge in [0.15, 0.2) is 0 Å². The summed E-state index contributed by atoms with van der Waals surface area (Å²) in [6.07, 6.45) is 0. The van der Waals surface area contributed by atoms with E-state index in [0.717, 1.165) is 0 Å². The number of benzene rings is 1. The normalized spacial score (nSPS) is 22.2. The third-order valence-electron chi connectivity index (χ3n) is 3.53. The second-order valence-electron chi connectivity index (χ2n) is 6.00. The number of hydrogen-bond acceptors (Lipinski definition) is 4. The lowest BCUT2D eigenvalue weighted by Crippen LogP contribution is -2.37. The minimum absolute atomic E-state index is 0.208. The van der Waals surface area contributed by atoms with Gasteiger partial charge in [-0.05, 0) is 16.5 Å². The van der Waals surface area contributed by atoms with Gasteiger partial charge in [0.1, 0.15) is 0 Å². The molecule has 0 spiro atoms. The van der Waals surface area contributed by atoms with E-state index < -0.39 is 0 Å². The van der Waals surface area contributed by atoms with Crippen LogP contribution in [0.4, 0.5) is 0 Å². The second-order valence-corrected chi connectivity index (χ2v) is 8.50. The maximum absolute atomic E-state index is 5.79. The SMILES string of the molecule is CC(C)(C)c1ccc(C(NN)C2CSCCS2)cc1. The van der Waals surface area contributed by atoms with E-state index in [-0.39, 0.29) is 11.5 Å². The molecule has 2 atom stereocenters. The van der Waals surface area contributed by atoms with Crippen molar-refractivity contribution in [1.29, 1.82) is 0 Å². The minimum atomic E-state index is 0.208. The Balaban J connectivity index is 2.14. The fourth-order valence-electron chi connectivity index (χ4n) is 2.31. The summed E-state index contributed by atoms with van der Waals surface area (Å²) >= 11 is 4.07. The lowest BCUT2D eigenvalue weighted by molar-refractivity contribution is 0.550. The molecule has 0 aromatic heterocycles. The number of rotatable bonds is 3. The molecule has 1 saturated heterocycles. The Kier molecular flexibility index (Phi) is 5.23. The van der Waals surface area contributed by atoms with Crippen molar-refractivity contribution in [2.75, 3.05) is 17.3 Å². The van der Waals surface area contributed by atoms with Gasteiger partial charge in [-0.3, -0.25) is 11.3 Å². The van der Waals surface area contributed by atoms with Crippen LogP contribution >= 0.6 is 23.5 Å². The van der Waals surface area contributed by atoms with E-state index in [0.29, 0.717) is 5.25 Å². The highest BCUT2D eigenvalue weighted by molar-refractivity contribution is 8.06. The third kappa shape index (κ3) is 3.91. The van der Waals surface area contributed by atoms with Crippen LogP contribution in [0, 0.1) is 0 Å². The summed E-state index contributed by atoms with van der Waals surface area (Å²) in [5, 5.41) is 0.573. The van der Waals surface area contributed by atoms with E-state index in [9.17, 15) is 0 Å². The topological polar surface area (TPSA) is 38.0 Å². The molecule has 0 amide bonds. The lowest BCUT2D eigenvalue weighted by Gasteiger charge is -2.29. The van der Waals surface area contributed by atoms with Gasteiger partial charge in [0.25, 0.3) is 0 Å². The molecule has 19 heavy (non-hydrogen) atoms. The van der Waals surface area contributed by atoms with Gasteiger partial charge in [-0.15, -0.1) is 0 Å². The van der Waals surface area contributed by atoms with Gasteiger partial charge in [0.2, 0.25) is 0 Å². The Bertz CT molecular complexity index is 392. The summed E-state index contributed by atoms with van der Waals surface area (Å²) in [5.74, 6) is 9.46. The van der Waals surface area contributed by atoms with E-state index in [1.807, 2.05) is 23.5 Å². The third-order valence-corrected chi connectivity index (χ3v) is 6.39. The molecule has 106 valence electrons. The van der Waals surface area contributed by atoms with Gasteiger partial charge in [-0.1, -0.05) is 45.0 Å². The molecule has 1 aliphatic heterocycles. The van der Waals surface area contributed by atoms with E-state index in [1.54, 1.807) is 0 Å². The molecular formula is C15H24N2S2. The predicted molar refractivity (Wildman–Crippen MR) is 88.8 cm³/mol. The number of thioether (sulfide) groups is 2. The minimum Gasteiger partial charge on any atom is -0.271 e. The number of hydrazine groups is 1. The summed E-state index contributed by atoms with van der Waals surface area (Å²) in [5.41, 5.74) is 5.89. The van der Waals surface area contributed by atoms with E-state index >= 15 is 0 Å². The van der Waals surface area contributed by atoms with E-state index in [1.165, 1.54) is 28.4 Å². The number of nitrogens with two attached hydrogens (primary N) is 1. The molecule has 1 aliphatic rings. The first-order valence-corrected chi connectivity index (χ1v) is 8.98. The highest BCUT2D eigenvalue weighted by Crippen LogP contribution is 2.34. The number of hydrogen-bond donors (Lipinski definition) is 2. The monoisotopic (exact) mass is 296 g/mol. The smallest absolute Gasteiger partial charge is 0.0586 e. The van der Waals surface area contributed by atoms with E-state index in [2.05, 4.69) is 50.5 Å². The van der Waals surface area contributed by atoms with Gasteiger partial charge < -0.3 is 0 Å². The molecule has 0 saturated carbocycles. The first kappa shape index (κ1) is 15.2. The van der Waals surface area contributed by atoms with Crippen molar-refractivity contribution in [3.05, 3.63) is 35.4 Å². The summed E-state index contributed by atoms with van der Waals surface area (Å²) < 4.78 is 0. The summed E-state index contributed by atoms with van der Waals surface area (Å²) in [6, 6.07) is 9.18. The van der Waals surface area contributed by atoms with Crippen molar-refractivity contribution in [3.8, 4) is 0 Å². The summed E-state index contributed by atoms with van der Waals surface area (Å²) in [4.78, 5) is 0. The van der Waals surface area contributed by atoms with Gasteiger partial charge >= 0.3 is 0 Å². The lowest BCUT2D eigenvalue weighted by atomic mass is 9.86. The van der Waals surface area contributed by atoms with Crippen molar-refractivity contribution in [3.63, 3.8) is 0 Å². The molecule has 2 unspecified atom stereocenters. The van der Waals surface area contributed by atoms with Crippen LogP contribution < -0.4 is 11.3 Å². The fourth-order valence-corrected chi connectivity index (χ4v) is 5.16. The standard InChI is InChI=1S/C15H24N2S2/c1-15(2,3)12-6-4-11(5-7-12)14(17-16)13-10-18-8-9-19-13/h4-7,13-14,17H,8-10,16H2,1-3H3. The van der Waals surface area contributed by atoms with Gasteiger partial charge in [0, 0.05) is 22.5 Å². The van der Waals surface area contributed by atoms with Crippen molar-refractivity contribution >= 4 is 23.5 Å². The second kappa shape index (κ2) is 6.53. The van der Waals surface area contributed by atoms with Gasteiger partial charge in [0.05, 0.1) is 6.04 Å². The molecule has 1 heterocycles. The van der Waals surface area contributed by atoms with Gasteiger partial charge in [-0.2, -0.15) is 23.5 Å². The molecule has 2 nitrogen and oxygen atoms in total. The number of nitrogens with one attached hydrogen (secondary N) is 1. The zero-order valence-corrected chi connectivity index (χ0v) is 13.6. The van der Waals surface area contributed by atoms with Crippen LogP contribution in [-0.4, -0.2) is 22.5 Å². The van der Waals surface area contributed by atoms with Crippen molar-refractivity contribution in [2.45, 2.75) is 37.5 Å². The van der Waals surface area contributed by atoms with Crippen LogP contribution in [0.15, 0.2) is 24.3 Å². The quantitative estimate of drug-likeness (QED) is 0.663. The molecule has 0 bridgehead atoms. The largest absolute Gasteiger partial charge is 0.271 e. The summed E-state index contributed by atoms with van der Waals surface area (Å²) in [7, 11) is 0. The molecule has 0 radical (unpaired) electrons. The molecule has 3 N–H and O–H groups in total. The average molecular weight is 297 g/mol. The Morgan fingerprint density at radius 3 is 2.37 bits per heavy atom. The Morgan fingerprint density at radius 1 is 1.21 bits per heavy atom. The molecule has 0 aliphatic carbocycles. The summed E-state index contributed by atoms with van der Waals surface area (Å²) in [6.45, 7) is 6.73. The maximum Gasteiger partial charge on any atom is 0.0586 e. The van der Waals surface area contributed by atoms with E-state index in [4.69, 9.17) is 5.84 Å². The van der Waals surface area contributed by atoms with Crippen LogP contribution in [0.2, 0.25) is 0 Å². The Hall–Kier alpha value is -0.160. The van der Waals surface area contributed by atoms with Crippen LogP contribution in [0.1, 0.15) is 37.9 Å². The first-order chi connectivity index (χ1) is 9.02. The molecule has 1 fully saturated rings. The highest BCUT2D eigenvalue weighted by Gasteiger charge is 2.25. The Labute approximate surface area is 125 Å². The average Bonchev–Trinajstić information content (AvgIpc) is 2.40. The zero-order chi connectivity index (χ0) is 13.9. The van der Waals surface area contributed by atoms with Crippen molar-refractivity contribution < 1.29 is 0 Å². The van der Waals surface area contributed by atoms with Crippen LogP contribution in [0.3, 0.4) is 0 Å². The molecule has 1 aromatic rings. The zero-order valence-electron chi connectivity index (χ0n) is 12.0. The Morgan fingerprint density at radius 2 is 1.89 bits per heavy atom.